The molecule has 0 spiro atoms. The molecule has 6 heteroatoms. The average Bonchev–Trinajstić information content (AvgIpc) is 3.23. The van der Waals surface area contributed by atoms with E-state index in [0.717, 1.165) is 42.4 Å². The minimum Gasteiger partial charge on any atom is -0.478 e. The van der Waals surface area contributed by atoms with Crippen molar-refractivity contribution in [2.45, 2.75) is 144 Å². The molecule has 0 heterocycles. The van der Waals surface area contributed by atoms with Crippen molar-refractivity contribution in [3.8, 4) is 0 Å². The van der Waals surface area contributed by atoms with Gasteiger partial charge in [-0.05, 0) is 133 Å². The number of rotatable bonds is 6. The first-order valence-corrected chi connectivity index (χ1v) is 18.0. The van der Waals surface area contributed by atoms with Crippen LogP contribution < -0.4 is 0 Å². The molecule has 4 aliphatic rings. The Balaban J connectivity index is 1.55. The Labute approximate surface area is 283 Å². The van der Waals surface area contributed by atoms with Crippen LogP contribution in [0.4, 0.5) is 0 Å². The molecular weight excluding hydrogens is 588 g/mol. The summed E-state index contributed by atoms with van der Waals surface area (Å²) in [6.07, 6.45) is 3.84. The SMILES string of the molecule is CC(=O)O[C@H]1C[C@@]2(C)[C@H](C[C@@H](O)[C@@H]3[C@@]4(C)CC[C@@H](O)[C@@H](C)C4CC[C@@]32C)C1=C(CCC(=C(C)C)c1ccc(C(C)(C)C)cc1)C(=O)O. The Morgan fingerprint density at radius 3 is 2.11 bits per heavy atom. The van der Waals surface area contributed by atoms with Gasteiger partial charge < -0.3 is 20.1 Å². The number of hydrogen-bond acceptors (Lipinski definition) is 5. The lowest BCUT2D eigenvalue weighted by molar-refractivity contribution is -0.234. The molecule has 4 saturated carbocycles. The van der Waals surface area contributed by atoms with Gasteiger partial charge in [-0.15, -0.1) is 0 Å². The highest BCUT2D eigenvalue weighted by atomic mass is 16.5. The van der Waals surface area contributed by atoms with Crippen molar-refractivity contribution in [3.63, 3.8) is 0 Å². The predicted octanol–water partition coefficient (Wildman–Crippen LogP) is 8.49. The van der Waals surface area contributed by atoms with E-state index in [1.54, 1.807) is 0 Å². The van der Waals surface area contributed by atoms with Crippen LogP contribution in [-0.4, -0.2) is 45.6 Å². The second-order valence-corrected chi connectivity index (χ2v) is 17.6. The number of allylic oxidation sites excluding steroid dienone is 2. The van der Waals surface area contributed by atoms with Crippen LogP contribution in [0, 0.1) is 39.9 Å². The molecule has 5 rings (SSSR count). The molecule has 1 aromatic carbocycles. The summed E-state index contributed by atoms with van der Waals surface area (Å²) in [5.41, 5.74) is 4.94. The quantitative estimate of drug-likeness (QED) is 0.211. The van der Waals surface area contributed by atoms with E-state index < -0.39 is 24.1 Å². The van der Waals surface area contributed by atoms with Crippen LogP contribution >= 0.6 is 0 Å². The summed E-state index contributed by atoms with van der Waals surface area (Å²) in [6.45, 7) is 21.3. The van der Waals surface area contributed by atoms with Crippen LogP contribution in [0.1, 0.15) is 132 Å². The lowest BCUT2D eigenvalue weighted by Crippen LogP contribution is -2.65. The van der Waals surface area contributed by atoms with Crippen LogP contribution in [0.5, 0.6) is 0 Å². The highest BCUT2D eigenvalue weighted by molar-refractivity contribution is 5.89. The van der Waals surface area contributed by atoms with Crippen molar-refractivity contribution >= 4 is 17.5 Å². The van der Waals surface area contributed by atoms with Gasteiger partial charge in [0, 0.05) is 12.5 Å². The van der Waals surface area contributed by atoms with Gasteiger partial charge in [-0.25, -0.2) is 4.79 Å². The third kappa shape index (κ3) is 5.94. The number of hydrogen-bond donors (Lipinski definition) is 3. The number of carboxylic acids is 1. The molecule has 3 N–H and O–H groups in total. The summed E-state index contributed by atoms with van der Waals surface area (Å²) in [5.74, 6) is -1.06. The predicted molar refractivity (Wildman–Crippen MR) is 187 cm³/mol. The summed E-state index contributed by atoms with van der Waals surface area (Å²) in [6, 6.07) is 8.62. The Hall–Kier alpha value is -2.44. The summed E-state index contributed by atoms with van der Waals surface area (Å²) in [5, 5.41) is 33.8. The maximum Gasteiger partial charge on any atom is 0.331 e. The number of aliphatic hydroxyl groups is 2. The van der Waals surface area contributed by atoms with E-state index in [9.17, 15) is 24.9 Å². The van der Waals surface area contributed by atoms with E-state index in [2.05, 4.69) is 86.6 Å². The van der Waals surface area contributed by atoms with Crippen molar-refractivity contribution in [1.82, 2.24) is 0 Å². The zero-order chi connectivity index (χ0) is 34.9. The monoisotopic (exact) mass is 648 g/mol. The normalized spacial score (nSPS) is 39.3. The molecular formula is C41H60O6. The Morgan fingerprint density at radius 2 is 1.55 bits per heavy atom. The fourth-order valence-corrected chi connectivity index (χ4v) is 11.4. The maximum absolute atomic E-state index is 13.2. The maximum atomic E-state index is 13.2. The number of carbonyl (C=O) groups is 2. The van der Waals surface area contributed by atoms with Gasteiger partial charge in [-0.1, -0.05) is 78.3 Å². The number of aliphatic carboxylic acids is 1. The second kappa shape index (κ2) is 12.5. The molecule has 6 nitrogen and oxygen atoms in total. The van der Waals surface area contributed by atoms with Crippen LogP contribution in [0.3, 0.4) is 0 Å². The molecule has 0 aliphatic heterocycles. The first kappa shape index (κ1) is 35.9. The first-order valence-electron chi connectivity index (χ1n) is 18.0. The van der Waals surface area contributed by atoms with Gasteiger partial charge in [-0.3, -0.25) is 4.79 Å². The Kier molecular flexibility index (Phi) is 9.51. The third-order valence-corrected chi connectivity index (χ3v) is 13.9. The molecule has 260 valence electrons. The highest BCUT2D eigenvalue weighted by Crippen LogP contribution is 2.74. The van der Waals surface area contributed by atoms with Gasteiger partial charge >= 0.3 is 11.9 Å². The standard InChI is InChI=1S/C41H60O6/c1-23(2)28(26-11-13-27(14-12-26)38(5,6)7)15-16-29(37(45)46)35-31-21-33(44)36-39(8)19-18-32(43)24(3)30(39)17-20-40(36,9)41(31,10)22-34(35)47-25(4)42/h11-14,24,30-34,36,43-44H,15-22H2,1-10H3,(H,45,46)/t24-,30?,31+,32+,33+,34-,36+,39-,40-,41-/m0/s1. The molecule has 0 radical (unpaired) electrons. The van der Waals surface area contributed by atoms with Crippen LogP contribution in [0.25, 0.3) is 5.57 Å². The number of aliphatic hydroxyl groups excluding tert-OH is 2. The van der Waals surface area contributed by atoms with Crippen molar-refractivity contribution in [2.24, 2.45) is 39.9 Å². The molecule has 4 aliphatic carbocycles. The fraction of sp³-hybridized carbons (Fsp3) is 0.707. The van der Waals surface area contributed by atoms with Gasteiger partial charge in [0.2, 0.25) is 0 Å². The minimum atomic E-state index is -0.967. The molecule has 0 aromatic heterocycles. The van der Waals surface area contributed by atoms with Crippen LogP contribution in [-0.2, 0) is 19.7 Å². The number of esters is 1. The van der Waals surface area contributed by atoms with Gasteiger partial charge in [-0.2, -0.15) is 0 Å². The molecule has 4 fully saturated rings. The number of fused-ring (bicyclic) bond motifs is 5. The van der Waals surface area contributed by atoms with Gasteiger partial charge in [0.05, 0.1) is 12.2 Å². The average molecular weight is 649 g/mol. The Bertz CT molecular complexity index is 1440. The molecule has 0 amide bonds. The van der Waals surface area contributed by atoms with Crippen LogP contribution in [0.15, 0.2) is 41.0 Å². The van der Waals surface area contributed by atoms with Gasteiger partial charge in [0.15, 0.2) is 0 Å². The third-order valence-electron chi connectivity index (χ3n) is 13.9. The van der Waals surface area contributed by atoms with Crippen molar-refractivity contribution in [3.05, 3.63) is 52.1 Å². The topological polar surface area (TPSA) is 104 Å². The number of carbonyl (C=O) groups excluding carboxylic acids is 1. The lowest BCUT2D eigenvalue weighted by Gasteiger charge is -2.69. The Morgan fingerprint density at radius 1 is 0.915 bits per heavy atom. The number of ether oxygens (including phenoxy) is 1. The van der Waals surface area contributed by atoms with Crippen molar-refractivity contribution in [2.75, 3.05) is 0 Å². The summed E-state index contributed by atoms with van der Waals surface area (Å²) >= 11 is 0. The molecule has 47 heavy (non-hydrogen) atoms. The number of benzene rings is 1. The zero-order valence-corrected chi connectivity index (χ0v) is 30.6. The van der Waals surface area contributed by atoms with E-state index in [4.69, 9.17) is 4.74 Å². The minimum absolute atomic E-state index is 0.0175. The largest absolute Gasteiger partial charge is 0.478 e. The molecule has 0 saturated heterocycles. The molecule has 1 aromatic rings. The second-order valence-electron chi connectivity index (χ2n) is 17.6. The van der Waals surface area contributed by atoms with Gasteiger partial charge in [0.25, 0.3) is 0 Å². The van der Waals surface area contributed by atoms with E-state index in [-0.39, 0.29) is 45.5 Å². The van der Waals surface area contributed by atoms with E-state index in [0.29, 0.717) is 42.7 Å². The number of carboxylic acid groups (broad SMARTS) is 1. The molecule has 0 bridgehead atoms. The van der Waals surface area contributed by atoms with Crippen LogP contribution in [0.2, 0.25) is 0 Å². The van der Waals surface area contributed by atoms with Gasteiger partial charge in [0.1, 0.15) is 6.10 Å². The fourth-order valence-electron chi connectivity index (χ4n) is 11.4. The molecule has 1 unspecified atom stereocenters. The van der Waals surface area contributed by atoms with Crippen molar-refractivity contribution < 1.29 is 29.6 Å². The summed E-state index contributed by atoms with van der Waals surface area (Å²) < 4.78 is 6.03. The summed E-state index contributed by atoms with van der Waals surface area (Å²) in [7, 11) is 0. The molecule has 10 atom stereocenters. The first-order chi connectivity index (χ1) is 21.8. The van der Waals surface area contributed by atoms with E-state index in [1.807, 2.05) is 0 Å². The van der Waals surface area contributed by atoms with E-state index >= 15 is 0 Å². The summed E-state index contributed by atoms with van der Waals surface area (Å²) in [4.78, 5) is 25.8. The highest BCUT2D eigenvalue weighted by Gasteiger charge is 2.70. The smallest absolute Gasteiger partial charge is 0.331 e. The lowest BCUT2D eigenvalue weighted by atomic mass is 9.36. The zero-order valence-electron chi connectivity index (χ0n) is 30.6. The van der Waals surface area contributed by atoms with Crippen molar-refractivity contribution in [1.29, 1.82) is 0 Å². The van der Waals surface area contributed by atoms with E-state index in [1.165, 1.54) is 12.5 Å².